The first kappa shape index (κ1) is 15.0. The molecular formula is C16H19N3O2S. The highest BCUT2D eigenvalue weighted by Gasteiger charge is 2.17. The van der Waals surface area contributed by atoms with E-state index in [9.17, 15) is 4.79 Å². The lowest BCUT2D eigenvalue weighted by Gasteiger charge is -2.27. The minimum Gasteiger partial charge on any atom is -0.483 e. The van der Waals surface area contributed by atoms with Crippen LogP contribution >= 0.6 is 11.3 Å². The first-order valence-electron chi connectivity index (χ1n) is 7.37. The Morgan fingerprint density at radius 2 is 2.14 bits per heavy atom. The van der Waals surface area contributed by atoms with E-state index in [1.165, 1.54) is 0 Å². The molecule has 0 saturated carbocycles. The third-order valence-corrected chi connectivity index (χ3v) is 4.38. The van der Waals surface area contributed by atoms with Gasteiger partial charge in [0.05, 0.1) is 10.7 Å². The average molecular weight is 317 g/mol. The fourth-order valence-corrected chi connectivity index (χ4v) is 3.05. The SMILES string of the molecule is Cc1nc(-c2ccccc2OCC(=O)N2CCNCC2)cs1. The fourth-order valence-electron chi connectivity index (χ4n) is 2.44. The molecule has 0 unspecified atom stereocenters. The normalized spacial score (nSPS) is 14.9. The van der Waals surface area contributed by atoms with Crippen molar-refractivity contribution in [2.24, 2.45) is 0 Å². The van der Waals surface area contributed by atoms with Crippen molar-refractivity contribution in [1.82, 2.24) is 15.2 Å². The monoisotopic (exact) mass is 317 g/mol. The standard InChI is InChI=1S/C16H19N3O2S/c1-12-18-14(11-22-12)13-4-2-3-5-15(13)21-10-16(20)19-8-6-17-7-9-19/h2-5,11,17H,6-10H2,1H3. The Bertz CT molecular complexity index is 650. The summed E-state index contributed by atoms with van der Waals surface area (Å²) in [6, 6.07) is 7.72. The number of carbonyl (C=O) groups is 1. The average Bonchev–Trinajstić information content (AvgIpc) is 3.00. The summed E-state index contributed by atoms with van der Waals surface area (Å²) in [6.07, 6.45) is 0. The summed E-state index contributed by atoms with van der Waals surface area (Å²) < 4.78 is 5.77. The van der Waals surface area contributed by atoms with Crippen molar-refractivity contribution in [3.63, 3.8) is 0 Å². The largest absolute Gasteiger partial charge is 0.483 e. The molecule has 0 atom stereocenters. The van der Waals surface area contributed by atoms with Gasteiger partial charge in [0, 0.05) is 37.1 Å². The number of amides is 1. The van der Waals surface area contributed by atoms with E-state index in [0.29, 0.717) is 5.75 Å². The lowest BCUT2D eigenvalue weighted by atomic mass is 10.1. The third-order valence-electron chi connectivity index (χ3n) is 3.60. The van der Waals surface area contributed by atoms with Gasteiger partial charge in [-0.2, -0.15) is 0 Å². The minimum absolute atomic E-state index is 0.0331. The smallest absolute Gasteiger partial charge is 0.260 e. The molecule has 1 aliphatic heterocycles. The van der Waals surface area contributed by atoms with Crippen molar-refractivity contribution in [3.05, 3.63) is 34.7 Å². The van der Waals surface area contributed by atoms with Gasteiger partial charge in [-0.1, -0.05) is 12.1 Å². The van der Waals surface area contributed by atoms with Crippen LogP contribution in [0.5, 0.6) is 5.75 Å². The molecule has 2 aromatic rings. The van der Waals surface area contributed by atoms with Crippen LogP contribution in [0.1, 0.15) is 5.01 Å². The van der Waals surface area contributed by atoms with Crippen LogP contribution in [0.3, 0.4) is 0 Å². The Labute approximate surface area is 133 Å². The molecule has 0 bridgehead atoms. The molecule has 2 heterocycles. The highest BCUT2D eigenvalue weighted by Crippen LogP contribution is 2.30. The van der Waals surface area contributed by atoms with E-state index in [-0.39, 0.29) is 12.5 Å². The maximum Gasteiger partial charge on any atom is 0.260 e. The van der Waals surface area contributed by atoms with E-state index >= 15 is 0 Å². The minimum atomic E-state index is 0.0331. The number of piperazine rings is 1. The van der Waals surface area contributed by atoms with Gasteiger partial charge in [-0.15, -0.1) is 11.3 Å². The van der Waals surface area contributed by atoms with Crippen LogP contribution in [-0.4, -0.2) is 48.6 Å². The van der Waals surface area contributed by atoms with Crippen molar-refractivity contribution >= 4 is 17.2 Å². The molecule has 116 valence electrons. The summed E-state index contributed by atoms with van der Waals surface area (Å²) >= 11 is 1.61. The second-order valence-corrected chi connectivity index (χ2v) is 6.23. The van der Waals surface area contributed by atoms with Crippen LogP contribution < -0.4 is 10.1 Å². The van der Waals surface area contributed by atoms with E-state index < -0.39 is 0 Å². The number of aromatic nitrogens is 1. The molecular weight excluding hydrogens is 298 g/mol. The van der Waals surface area contributed by atoms with Gasteiger partial charge in [0.15, 0.2) is 6.61 Å². The van der Waals surface area contributed by atoms with Gasteiger partial charge in [-0.3, -0.25) is 4.79 Å². The quantitative estimate of drug-likeness (QED) is 0.936. The first-order chi connectivity index (χ1) is 10.7. The summed E-state index contributed by atoms with van der Waals surface area (Å²) in [7, 11) is 0. The number of nitrogens with zero attached hydrogens (tertiary/aromatic N) is 2. The topological polar surface area (TPSA) is 54.5 Å². The maximum atomic E-state index is 12.2. The van der Waals surface area contributed by atoms with Crippen LogP contribution in [-0.2, 0) is 4.79 Å². The maximum absolute atomic E-state index is 12.2. The fraction of sp³-hybridized carbons (Fsp3) is 0.375. The number of thiazole rings is 1. The van der Waals surface area contributed by atoms with Crippen molar-refractivity contribution in [2.75, 3.05) is 32.8 Å². The number of carbonyl (C=O) groups excluding carboxylic acids is 1. The van der Waals surface area contributed by atoms with E-state index in [2.05, 4.69) is 10.3 Å². The summed E-state index contributed by atoms with van der Waals surface area (Å²) in [4.78, 5) is 18.5. The molecule has 1 N–H and O–H groups in total. The van der Waals surface area contributed by atoms with Crippen LogP contribution in [0.4, 0.5) is 0 Å². The van der Waals surface area contributed by atoms with Crippen LogP contribution in [0.15, 0.2) is 29.6 Å². The van der Waals surface area contributed by atoms with Gasteiger partial charge < -0.3 is 15.0 Å². The summed E-state index contributed by atoms with van der Waals surface area (Å²) in [5, 5.41) is 6.26. The number of aryl methyl sites for hydroxylation is 1. The second-order valence-electron chi connectivity index (χ2n) is 5.17. The van der Waals surface area contributed by atoms with Gasteiger partial charge in [-0.25, -0.2) is 4.98 Å². The first-order valence-corrected chi connectivity index (χ1v) is 8.25. The van der Waals surface area contributed by atoms with E-state index in [1.54, 1.807) is 11.3 Å². The molecule has 1 aromatic heterocycles. The molecule has 3 rings (SSSR count). The number of nitrogens with one attached hydrogen (secondary N) is 1. The van der Waals surface area contributed by atoms with E-state index in [4.69, 9.17) is 4.74 Å². The van der Waals surface area contributed by atoms with Crippen molar-refractivity contribution in [3.8, 4) is 17.0 Å². The molecule has 0 radical (unpaired) electrons. The zero-order valence-electron chi connectivity index (χ0n) is 12.5. The van der Waals surface area contributed by atoms with Gasteiger partial charge >= 0.3 is 0 Å². The van der Waals surface area contributed by atoms with Crippen molar-refractivity contribution in [1.29, 1.82) is 0 Å². The zero-order valence-corrected chi connectivity index (χ0v) is 13.4. The van der Waals surface area contributed by atoms with Gasteiger partial charge in [0.25, 0.3) is 5.91 Å². The number of para-hydroxylation sites is 1. The van der Waals surface area contributed by atoms with Crippen LogP contribution in [0.25, 0.3) is 11.3 Å². The van der Waals surface area contributed by atoms with Crippen LogP contribution in [0.2, 0.25) is 0 Å². The Kier molecular flexibility index (Phi) is 4.70. The molecule has 5 nitrogen and oxygen atoms in total. The van der Waals surface area contributed by atoms with Crippen molar-refractivity contribution < 1.29 is 9.53 Å². The Hall–Kier alpha value is -1.92. The number of benzene rings is 1. The Morgan fingerprint density at radius 1 is 1.36 bits per heavy atom. The number of hydrogen-bond acceptors (Lipinski definition) is 5. The lowest BCUT2D eigenvalue weighted by Crippen LogP contribution is -2.47. The van der Waals surface area contributed by atoms with E-state index in [0.717, 1.165) is 42.4 Å². The second kappa shape index (κ2) is 6.89. The number of ether oxygens (including phenoxy) is 1. The third kappa shape index (κ3) is 3.45. The van der Waals surface area contributed by atoms with Gasteiger partial charge in [0.1, 0.15) is 5.75 Å². The Morgan fingerprint density at radius 3 is 2.86 bits per heavy atom. The van der Waals surface area contributed by atoms with E-state index in [1.807, 2.05) is 41.5 Å². The highest BCUT2D eigenvalue weighted by atomic mass is 32.1. The highest BCUT2D eigenvalue weighted by molar-refractivity contribution is 7.09. The molecule has 1 aromatic carbocycles. The van der Waals surface area contributed by atoms with Crippen LogP contribution in [0, 0.1) is 6.92 Å². The summed E-state index contributed by atoms with van der Waals surface area (Å²) in [5.74, 6) is 0.738. The molecule has 1 amide bonds. The lowest BCUT2D eigenvalue weighted by molar-refractivity contribution is -0.133. The predicted octanol–water partition coefficient (Wildman–Crippen LogP) is 1.93. The van der Waals surface area contributed by atoms with Gasteiger partial charge in [0.2, 0.25) is 0 Å². The molecule has 0 spiro atoms. The summed E-state index contributed by atoms with van der Waals surface area (Å²) in [6.45, 7) is 5.23. The summed E-state index contributed by atoms with van der Waals surface area (Å²) in [5.41, 5.74) is 1.83. The number of hydrogen-bond donors (Lipinski definition) is 1. The molecule has 1 aliphatic rings. The molecule has 6 heteroatoms. The van der Waals surface area contributed by atoms with Crippen molar-refractivity contribution in [2.45, 2.75) is 6.92 Å². The molecule has 1 saturated heterocycles. The van der Waals surface area contributed by atoms with Gasteiger partial charge in [-0.05, 0) is 19.1 Å². The molecule has 0 aliphatic carbocycles. The zero-order chi connectivity index (χ0) is 15.4. The molecule has 22 heavy (non-hydrogen) atoms. The molecule has 1 fully saturated rings. The number of rotatable bonds is 4. The Balaban J connectivity index is 1.69. The predicted molar refractivity (Wildman–Crippen MR) is 87.2 cm³/mol.